The topological polar surface area (TPSA) is 19.0 Å². The predicted molar refractivity (Wildman–Crippen MR) is 80.8 cm³/mol. The van der Waals surface area contributed by atoms with Gasteiger partial charge in [-0.3, -0.25) is 0 Å². The van der Waals surface area contributed by atoms with Crippen LogP contribution in [0.25, 0.3) is 10.9 Å². The molecule has 0 saturated heterocycles. The standard InChI is InChI=1S/C13H16N2.C3H8/c1-3-15(2)9-8-11-10-14-13-7-5-4-6-12(11)13;1-3-2/h3-7,10,14H,1,8-9H2,2H3;3H2,1-2H3. The molecule has 2 heteroatoms. The van der Waals surface area contributed by atoms with Gasteiger partial charge in [0, 0.05) is 30.7 Å². The molecular weight excluding hydrogens is 220 g/mol. The van der Waals surface area contributed by atoms with Gasteiger partial charge in [-0.05, 0) is 24.3 Å². The van der Waals surface area contributed by atoms with E-state index < -0.39 is 0 Å². The summed E-state index contributed by atoms with van der Waals surface area (Å²) in [4.78, 5) is 5.38. The maximum atomic E-state index is 3.74. The average Bonchev–Trinajstić information content (AvgIpc) is 2.80. The summed E-state index contributed by atoms with van der Waals surface area (Å²) in [5.41, 5.74) is 2.59. The van der Waals surface area contributed by atoms with Crippen molar-refractivity contribution in [1.82, 2.24) is 9.88 Å². The summed E-state index contributed by atoms with van der Waals surface area (Å²) in [5, 5.41) is 1.33. The number of hydrogen-bond acceptors (Lipinski definition) is 1. The highest BCUT2D eigenvalue weighted by molar-refractivity contribution is 5.83. The van der Waals surface area contributed by atoms with Gasteiger partial charge >= 0.3 is 0 Å². The maximum absolute atomic E-state index is 3.74. The van der Waals surface area contributed by atoms with Crippen LogP contribution in [0.5, 0.6) is 0 Å². The van der Waals surface area contributed by atoms with Crippen molar-refractivity contribution < 1.29 is 0 Å². The van der Waals surface area contributed by atoms with Crippen LogP contribution < -0.4 is 0 Å². The van der Waals surface area contributed by atoms with Gasteiger partial charge in [-0.15, -0.1) is 0 Å². The van der Waals surface area contributed by atoms with Crippen LogP contribution in [0.15, 0.2) is 43.2 Å². The van der Waals surface area contributed by atoms with Crippen molar-refractivity contribution in [3.8, 4) is 0 Å². The molecule has 0 amide bonds. The molecule has 1 aromatic carbocycles. The number of para-hydroxylation sites is 1. The quantitative estimate of drug-likeness (QED) is 0.854. The molecule has 1 heterocycles. The van der Waals surface area contributed by atoms with Gasteiger partial charge in [0.15, 0.2) is 0 Å². The lowest BCUT2D eigenvalue weighted by Crippen LogP contribution is -2.13. The highest BCUT2D eigenvalue weighted by Gasteiger charge is 2.02. The number of aromatic amines is 1. The summed E-state index contributed by atoms with van der Waals surface area (Å²) >= 11 is 0. The molecule has 98 valence electrons. The fourth-order valence-corrected chi connectivity index (χ4v) is 1.73. The van der Waals surface area contributed by atoms with Gasteiger partial charge in [-0.25, -0.2) is 0 Å². The van der Waals surface area contributed by atoms with Crippen LogP contribution in [0.4, 0.5) is 0 Å². The Labute approximate surface area is 110 Å². The summed E-state index contributed by atoms with van der Waals surface area (Å²) in [6.07, 6.45) is 6.25. The molecule has 0 aliphatic carbocycles. The van der Waals surface area contributed by atoms with E-state index in [1.165, 1.54) is 22.9 Å². The van der Waals surface area contributed by atoms with Crippen LogP contribution >= 0.6 is 0 Å². The molecule has 0 fully saturated rings. The van der Waals surface area contributed by atoms with Gasteiger partial charge in [0.1, 0.15) is 0 Å². The molecule has 2 nitrogen and oxygen atoms in total. The van der Waals surface area contributed by atoms with Crippen LogP contribution in [-0.2, 0) is 6.42 Å². The lowest BCUT2D eigenvalue weighted by Gasteiger charge is -2.11. The fraction of sp³-hybridized carbons (Fsp3) is 0.375. The lowest BCUT2D eigenvalue weighted by atomic mass is 10.1. The number of hydrogen-bond donors (Lipinski definition) is 1. The van der Waals surface area contributed by atoms with Crippen molar-refractivity contribution in [2.75, 3.05) is 13.6 Å². The zero-order chi connectivity index (χ0) is 13.4. The minimum Gasteiger partial charge on any atom is -0.381 e. The molecule has 0 spiro atoms. The molecule has 1 N–H and O–H groups in total. The van der Waals surface area contributed by atoms with E-state index in [9.17, 15) is 0 Å². The first-order valence-corrected chi connectivity index (χ1v) is 6.60. The molecule has 0 aliphatic heterocycles. The van der Waals surface area contributed by atoms with Gasteiger partial charge in [0.2, 0.25) is 0 Å². The number of H-pyrrole nitrogens is 1. The summed E-state index contributed by atoms with van der Waals surface area (Å²) < 4.78 is 0. The number of fused-ring (bicyclic) bond motifs is 1. The van der Waals surface area contributed by atoms with Crippen molar-refractivity contribution in [3.05, 3.63) is 48.8 Å². The Morgan fingerprint density at radius 1 is 1.28 bits per heavy atom. The molecule has 1 aromatic heterocycles. The molecule has 2 rings (SSSR count). The van der Waals surface area contributed by atoms with Gasteiger partial charge in [-0.1, -0.05) is 45.0 Å². The number of nitrogens with one attached hydrogen (secondary N) is 1. The van der Waals surface area contributed by atoms with E-state index in [-0.39, 0.29) is 0 Å². The first kappa shape index (κ1) is 14.4. The Bertz CT molecular complexity index is 471. The van der Waals surface area contributed by atoms with Crippen molar-refractivity contribution in [2.45, 2.75) is 26.7 Å². The number of benzene rings is 1. The molecule has 0 saturated carbocycles. The summed E-state index contributed by atoms with van der Waals surface area (Å²) in [7, 11) is 2.04. The van der Waals surface area contributed by atoms with Crippen molar-refractivity contribution >= 4 is 10.9 Å². The smallest absolute Gasteiger partial charge is 0.0456 e. The summed E-state index contributed by atoms with van der Waals surface area (Å²) in [6, 6.07) is 8.40. The Kier molecular flexibility index (Phi) is 6.06. The van der Waals surface area contributed by atoms with E-state index in [0.29, 0.717) is 0 Å². The lowest BCUT2D eigenvalue weighted by molar-refractivity contribution is 0.463. The van der Waals surface area contributed by atoms with Gasteiger partial charge in [-0.2, -0.15) is 0 Å². The van der Waals surface area contributed by atoms with E-state index in [1.54, 1.807) is 0 Å². The van der Waals surface area contributed by atoms with E-state index in [0.717, 1.165) is 13.0 Å². The van der Waals surface area contributed by atoms with Crippen molar-refractivity contribution in [1.29, 1.82) is 0 Å². The van der Waals surface area contributed by atoms with E-state index in [2.05, 4.69) is 60.8 Å². The normalized spacial score (nSPS) is 9.72. The molecule has 18 heavy (non-hydrogen) atoms. The Morgan fingerprint density at radius 2 is 1.94 bits per heavy atom. The van der Waals surface area contributed by atoms with E-state index >= 15 is 0 Å². The first-order chi connectivity index (χ1) is 8.72. The largest absolute Gasteiger partial charge is 0.381 e. The van der Waals surface area contributed by atoms with Crippen LogP contribution in [0.3, 0.4) is 0 Å². The molecule has 0 atom stereocenters. The van der Waals surface area contributed by atoms with Crippen LogP contribution in [0.2, 0.25) is 0 Å². The third-order valence-electron chi connectivity index (χ3n) is 2.72. The second-order valence-corrected chi connectivity index (χ2v) is 4.48. The minimum atomic E-state index is 1.01. The van der Waals surface area contributed by atoms with Crippen molar-refractivity contribution in [2.24, 2.45) is 0 Å². The fourth-order valence-electron chi connectivity index (χ4n) is 1.73. The number of rotatable bonds is 4. The Hall–Kier alpha value is -1.70. The zero-order valence-corrected chi connectivity index (χ0v) is 11.7. The van der Waals surface area contributed by atoms with Crippen LogP contribution in [-0.4, -0.2) is 23.5 Å². The second-order valence-electron chi connectivity index (χ2n) is 4.48. The van der Waals surface area contributed by atoms with Gasteiger partial charge < -0.3 is 9.88 Å². The summed E-state index contributed by atoms with van der Waals surface area (Å²) in [5.74, 6) is 0. The number of likely N-dealkylation sites (N-methyl/N-ethyl adjacent to an activating group) is 1. The van der Waals surface area contributed by atoms with Gasteiger partial charge in [0.25, 0.3) is 0 Å². The number of aromatic nitrogens is 1. The summed E-state index contributed by atoms with van der Waals surface area (Å²) in [6.45, 7) is 9.00. The van der Waals surface area contributed by atoms with Crippen LogP contribution in [0, 0.1) is 0 Å². The first-order valence-electron chi connectivity index (χ1n) is 6.60. The minimum absolute atomic E-state index is 1.01. The molecule has 2 aromatic rings. The van der Waals surface area contributed by atoms with E-state index in [4.69, 9.17) is 0 Å². The molecule has 0 bridgehead atoms. The average molecular weight is 244 g/mol. The SMILES string of the molecule is C=CN(C)CCc1c[nH]c2ccccc12.CCC. The molecule has 0 aliphatic rings. The zero-order valence-electron chi connectivity index (χ0n) is 11.7. The number of nitrogens with zero attached hydrogens (tertiary/aromatic N) is 1. The molecule has 0 unspecified atom stereocenters. The second kappa shape index (κ2) is 7.59. The molecular formula is C16H24N2. The molecule has 0 radical (unpaired) electrons. The third-order valence-corrected chi connectivity index (χ3v) is 2.72. The Balaban J connectivity index is 0.000000492. The third kappa shape index (κ3) is 3.95. The van der Waals surface area contributed by atoms with Crippen molar-refractivity contribution in [3.63, 3.8) is 0 Å². The monoisotopic (exact) mass is 244 g/mol. The Morgan fingerprint density at radius 3 is 2.61 bits per heavy atom. The maximum Gasteiger partial charge on any atom is 0.0456 e. The predicted octanol–water partition coefficient (Wildman–Crippen LogP) is 4.20. The van der Waals surface area contributed by atoms with Gasteiger partial charge in [0.05, 0.1) is 0 Å². The van der Waals surface area contributed by atoms with Crippen LogP contribution in [0.1, 0.15) is 25.8 Å². The van der Waals surface area contributed by atoms with E-state index in [1.807, 2.05) is 13.2 Å². The highest BCUT2D eigenvalue weighted by atomic mass is 15.1. The highest BCUT2D eigenvalue weighted by Crippen LogP contribution is 2.18.